The Balaban J connectivity index is 2.75. The van der Waals surface area contributed by atoms with Crippen molar-refractivity contribution in [2.75, 3.05) is 0 Å². The number of esters is 1. The normalized spacial score (nSPS) is 12.7. The fourth-order valence-corrected chi connectivity index (χ4v) is 2.18. The summed E-state index contributed by atoms with van der Waals surface area (Å²) in [6.45, 7) is 6.94. The first-order chi connectivity index (χ1) is 9.10. The summed E-state index contributed by atoms with van der Waals surface area (Å²) >= 11 is 6.62. The van der Waals surface area contributed by atoms with Crippen LogP contribution in [0.4, 0.5) is 0 Å². The number of carbonyl (C=O) groups is 2. The molecule has 1 aromatic carbocycles. The molecule has 0 bridgehead atoms. The maximum Gasteiger partial charge on any atom is 0.328 e. The van der Waals surface area contributed by atoms with E-state index in [2.05, 4.69) is 37.2 Å². The van der Waals surface area contributed by atoms with Crippen LogP contribution in [-0.2, 0) is 9.53 Å². The Labute approximate surface area is 135 Å². The van der Waals surface area contributed by atoms with Gasteiger partial charge in [0.15, 0.2) is 0 Å². The highest BCUT2D eigenvalue weighted by atomic mass is 79.9. The summed E-state index contributed by atoms with van der Waals surface area (Å²) in [5, 5.41) is 2.62. The van der Waals surface area contributed by atoms with E-state index in [4.69, 9.17) is 4.74 Å². The van der Waals surface area contributed by atoms with E-state index in [1.54, 1.807) is 39.8 Å². The molecule has 1 rings (SSSR count). The molecule has 0 heterocycles. The third kappa shape index (κ3) is 5.25. The third-order valence-corrected chi connectivity index (χ3v) is 3.47. The van der Waals surface area contributed by atoms with E-state index in [1.165, 1.54) is 0 Å². The molecule has 0 aliphatic heterocycles. The summed E-state index contributed by atoms with van der Waals surface area (Å²) in [4.78, 5) is 23.9. The van der Waals surface area contributed by atoms with Crippen LogP contribution in [0.25, 0.3) is 0 Å². The van der Waals surface area contributed by atoms with E-state index in [9.17, 15) is 9.59 Å². The molecule has 0 spiro atoms. The van der Waals surface area contributed by atoms with Gasteiger partial charge in [0.2, 0.25) is 0 Å². The lowest BCUT2D eigenvalue weighted by molar-refractivity contribution is -0.156. The Morgan fingerprint density at radius 3 is 2.40 bits per heavy atom. The second-order valence-corrected chi connectivity index (χ2v) is 7.12. The Morgan fingerprint density at radius 2 is 1.85 bits per heavy atom. The van der Waals surface area contributed by atoms with Crippen LogP contribution in [0.3, 0.4) is 0 Å². The van der Waals surface area contributed by atoms with Gasteiger partial charge in [0.05, 0.1) is 5.56 Å². The van der Waals surface area contributed by atoms with Gasteiger partial charge in [-0.2, -0.15) is 0 Å². The van der Waals surface area contributed by atoms with Crippen LogP contribution in [0.2, 0.25) is 0 Å². The minimum Gasteiger partial charge on any atom is -0.458 e. The second kappa shape index (κ2) is 6.72. The van der Waals surface area contributed by atoms with Gasteiger partial charge >= 0.3 is 5.97 Å². The van der Waals surface area contributed by atoms with E-state index >= 15 is 0 Å². The highest BCUT2D eigenvalue weighted by Crippen LogP contribution is 2.21. The minimum atomic E-state index is -0.715. The summed E-state index contributed by atoms with van der Waals surface area (Å²) < 4.78 is 6.66. The lowest BCUT2D eigenvalue weighted by atomic mass is 10.2. The molecule has 1 atom stereocenters. The molecule has 1 N–H and O–H groups in total. The van der Waals surface area contributed by atoms with Crippen molar-refractivity contribution >= 4 is 43.7 Å². The van der Waals surface area contributed by atoms with Crippen LogP contribution >= 0.6 is 31.9 Å². The maximum absolute atomic E-state index is 12.1. The monoisotopic (exact) mass is 405 g/mol. The average molecular weight is 407 g/mol. The first-order valence-corrected chi connectivity index (χ1v) is 7.67. The largest absolute Gasteiger partial charge is 0.458 e. The Morgan fingerprint density at radius 1 is 1.25 bits per heavy atom. The molecule has 0 unspecified atom stereocenters. The molecule has 1 amide bonds. The zero-order valence-corrected chi connectivity index (χ0v) is 15.0. The molecule has 20 heavy (non-hydrogen) atoms. The molecule has 0 fully saturated rings. The van der Waals surface area contributed by atoms with Crippen molar-refractivity contribution in [3.8, 4) is 0 Å². The molecule has 6 heteroatoms. The number of benzene rings is 1. The molecular formula is C14H17Br2NO3. The quantitative estimate of drug-likeness (QED) is 0.779. The second-order valence-electron chi connectivity index (χ2n) is 5.35. The van der Waals surface area contributed by atoms with Crippen LogP contribution in [0.1, 0.15) is 38.1 Å². The topological polar surface area (TPSA) is 55.4 Å². The standard InChI is InChI=1S/C14H17Br2NO3/c1-8(13(19)20-14(2,3)4)17-12(18)10-7-9(15)5-6-11(10)16/h5-8H,1-4H3,(H,17,18)/t8-/m1/s1. The van der Waals surface area contributed by atoms with Crippen LogP contribution in [0.15, 0.2) is 27.1 Å². The number of amides is 1. The minimum absolute atomic E-state index is 0.337. The summed E-state index contributed by atoms with van der Waals surface area (Å²) in [6.07, 6.45) is 0. The van der Waals surface area contributed by atoms with Crippen molar-refractivity contribution in [1.29, 1.82) is 0 Å². The van der Waals surface area contributed by atoms with Gasteiger partial charge in [0.1, 0.15) is 11.6 Å². The van der Waals surface area contributed by atoms with E-state index in [0.717, 1.165) is 4.47 Å². The van der Waals surface area contributed by atoms with Crippen LogP contribution in [0.5, 0.6) is 0 Å². The Kier molecular flexibility index (Phi) is 5.77. The van der Waals surface area contributed by atoms with Crippen LogP contribution in [0, 0.1) is 0 Å². The fourth-order valence-electron chi connectivity index (χ4n) is 1.39. The van der Waals surface area contributed by atoms with Gasteiger partial charge < -0.3 is 10.1 Å². The SMILES string of the molecule is C[C@@H](NC(=O)c1cc(Br)ccc1Br)C(=O)OC(C)(C)C. The van der Waals surface area contributed by atoms with Gasteiger partial charge in [-0.05, 0) is 61.8 Å². The summed E-state index contributed by atoms with van der Waals surface area (Å²) in [5.41, 5.74) is -0.123. The molecule has 4 nitrogen and oxygen atoms in total. The number of hydrogen-bond acceptors (Lipinski definition) is 3. The van der Waals surface area contributed by atoms with Crippen molar-refractivity contribution in [2.45, 2.75) is 39.3 Å². The zero-order chi connectivity index (χ0) is 15.5. The third-order valence-electron chi connectivity index (χ3n) is 2.28. The average Bonchev–Trinajstić information content (AvgIpc) is 2.29. The molecular weight excluding hydrogens is 390 g/mol. The number of hydrogen-bond donors (Lipinski definition) is 1. The van der Waals surface area contributed by atoms with Crippen molar-refractivity contribution in [3.63, 3.8) is 0 Å². The fraction of sp³-hybridized carbons (Fsp3) is 0.429. The molecule has 0 aromatic heterocycles. The molecule has 0 aliphatic rings. The molecule has 110 valence electrons. The number of halogens is 2. The predicted octanol–water partition coefficient (Wildman–Crippen LogP) is 3.67. The molecule has 0 saturated carbocycles. The van der Waals surface area contributed by atoms with Crippen molar-refractivity contribution in [1.82, 2.24) is 5.32 Å². The Bertz CT molecular complexity index is 524. The lowest BCUT2D eigenvalue weighted by Crippen LogP contribution is -2.42. The number of ether oxygens (including phenoxy) is 1. The summed E-state index contributed by atoms with van der Waals surface area (Å²) in [6, 6.07) is 4.55. The van der Waals surface area contributed by atoms with Gasteiger partial charge in [0.25, 0.3) is 5.91 Å². The summed E-state index contributed by atoms with van der Waals surface area (Å²) in [5.74, 6) is -0.798. The Hall–Kier alpha value is -0.880. The zero-order valence-electron chi connectivity index (χ0n) is 11.8. The smallest absolute Gasteiger partial charge is 0.328 e. The number of carbonyl (C=O) groups excluding carboxylic acids is 2. The first kappa shape index (κ1) is 17.2. The highest BCUT2D eigenvalue weighted by molar-refractivity contribution is 9.11. The van der Waals surface area contributed by atoms with Gasteiger partial charge in [-0.15, -0.1) is 0 Å². The predicted molar refractivity (Wildman–Crippen MR) is 84.6 cm³/mol. The van der Waals surface area contributed by atoms with Crippen molar-refractivity contribution in [3.05, 3.63) is 32.7 Å². The van der Waals surface area contributed by atoms with E-state index < -0.39 is 17.6 Å². The van der Waals surface area contributed by atoms with E-state index in [-0.39, 0.29) is 5.91 Å². The molecule has 0 saturated heterocycles. The first-order valence-electron chi connectivity index (χ1n) is 6.09. The van der Waals surface area contributed by atoms with Gasteiger partial charge in [-0.3, -0.25) is 4.79 Å². The number of nitrogens with one attached hydrogen (secondary N) is 1. The van der Waals surface area contributed by atoms with Crippen LogP contribution < -0.4 is 5.32 Å². The van der Waals surface area contributed by atoms with Gasteiger partial charge in [0, 0.05) is 8.95 Å². The van der Waals surface area contributed by atoms with Crippen molar-refractivity contribution in [2.24, 2.45) is 0 Å². The maximum atomic E-state index is 12.1. The van der Waals surface area contributed by atoms with Crippen LogP contribution in [-0.4, -0.2) is 23.5 Å². The number of rotatable bonds is 3. The molecule has 0 radical (unpaired) electrons. The van der Waals surface area contributed by atoms with Crippen molar-refractivity contribution < 1.29 is 14.3 Å². The summed E-state index contributed by atoms with van der Waals surface area (Å²) in [7, 11) is 0. The van der Waals surface area contributed by atoms with E-state index in [0.29, 0.717) is 10.0 Å². The lowest BCUT2D eigenvalue weighted by Gasteiger charge is -2.22. The molecule has 0 aliphatic carbocycles. The van der Waals surface area contributed by atoms with Gasteiger partial charge in [-0.1, -0.05) is 15.9 Å². The van der Waals surface area contributed by atoms with E-state index in [1.807, 2.05) is 6.07 Å². The molecule has 1 aromatic rings. The van der Waals surface area contributed by atoms with Gasteiger partial charge in [-0.25, -0.2) is 4.79 Å². The highest BCUT2D eigenvalue weighted by Gasteiger charge is 2.24.